The number of ether oxygens (including phenoxy) is 1. The largest absolute Gasteiger partial charge is 0.389 e. The molecule has 0 radical (unpaired) electrons. The van der Waals surface area contributed by atoms with Crippen LogP contribution in [0.25, 0.3) is 0 Å². The highest BCUT2D eigenvalue weighted by atomic mass is 16.5. The molecule has 4 fully saturated rings. The molecule has 182 valence electrons. The molecular weight excluding hydrogens is 408 g/mol. The van der Waals surface area contributed by atoms with Gasteiger partial charge < -0.3 is 26.4 Å². The van der Waals surface area contributed by atoms with Gasteiger partial charge in [0, 0.05) is 12.0 Å². The quantitative estimate of drug-likeness (QED) is 0.240. The van der Waals surface area contributed by atoms with Crippen molar-refractivity contribution in [2.45, 2.75) is 95.4 Å². The smallest absolute Gasteiger partial charge is 0.332 e. The fourth-order valence-corrected chi connectivity index (χ4v) is 8.13. The minimum atomic E-state index is -1.26. The number of urea groups is 1. The number of carbonyl (C=O) groups excluding carboxylic acids is 1. The lowest BCUT2D eigenvalue weighted by Crippen LogP contribution is -2.65. The number of primary amides is 1. The Labute approximate surface area is 191 Å². The summed E-state index contributed by atoms with van der Waals surface area (Å²) in [5.41, 5.74) is 10.2. The number of amides is 2. The molecule has 7 N–H and O–H groups in total. The van der Waals surface area contributed by atoms with E-state index < -0.39 is 22.6 Å². The van der Waals surface area contributed by atoms with Gasteiger partial charge in [-0.1, -0.05) is 13.8 Å². The van der Waals surface area contributed by atoms with Crippen LogP contribution < -0.4 is 16.9 Å². The van der Waals surface area contributed by atoms with Crippen LogP contribution in [0.3, 0.4) is 0 Å². The number of hydrogen-bond donors (Lipinski definition) is 5. The van der Waals surface area contributed by atoms with Crippen molar-refractivity contribution in [1.82, 2.24) is 5.43 Å². The molecule has 4 rings (SSSR count). The Balaban J connectivity index is 1.52. The molecule has 8 heteroatoms. The zero-order valence-corrected chi connectivity index (χ0v) is 19.7. The van der Waals surface area contributed by atoms with Crippen LogP contribution in [-0.2, 0) is 4.74 Å². The number of hydrazone groups is 1. The van der Waals surface area contributed by atoms with E-state index in [0.717, 1.165) is 58.0 Å². The molecule has 0 aromatic rings. The second kappa shape index (κ2) is 8.53. The lowest BCUT2D eigenvalue weighted by atomic mass is 9.43. The minimum Gasteiger partial charge on any atom is -0.389 e. The van der Waals surface area contributed by atoms with Gasteiger partial charge in [-0.15, -0.1) is 0 Å². The first-order valence-electron chi connectivity index (χ1n) is 12.5. The number of carbonyl (C=O) groups is 1. The number of nitrogens with zero attached hydrogens (tertiary/aromatic N) is 1. The van der Waals surface area contributed by atoms with E-state index in [2.05, 4.69) is 17.5 Å². The molecule has 4 saturated carbocycles. The molecule has 4 aliphatic carbocycles. The lowest BCUT2D eigenvalue weighted by Gasteiger charge is -2.64. The molecule has 8 atom stereocenters. The van der Waals surface area contributed by atoms with Crippen molar-refractivity contribution in [3.05, 3.63) is 0 Å². The van der Waals surface area contributed by atoms with Gasteiger partial charge in [0.2, 0.25) is 0 Å². The van der Waals surface area contributed by atoms with Crippen molar-refractivity contribution in [1.29, 1.82) is 0 Å². The molecule has 0 spiro atoms. The summed E-state index contributed by atoms with van der Waals surface area (Å²) in [4.78, 5) is 11.0. The minimum absolute atomic E-state index is 0.170. The third-order valence-corrected chi connectivity index (χ3v) is 10.2. The van der Waals surface area contributed by atoms with Crippen LogP contribution in [0.2, 0.25) is 0 Å². The molecule has 4 aliphatic rings. The maximum atomic E-state index is 12.1. The van der Waals surface area contributed by atoms with Crippen LogP contribution in [-0.4, -0.2) is 52.9 Å². The number of fused-ring (bicyclic) bond motifs is 5. The van der Waals surface area contributed by atoms with Crippen molar-refractivity contribution in [3.8, 4) is 0 Å². The number of hydrogen-bond acceptors (Lipinski definition) is 6. The maximum Gasteiger partial charge on any atom is 0.332 e. The number of nitrogens with one attached hydrogen (secondary N) is 1. The zero-order valence-electron chi connectivity index (χ0n) is 19.7. The Kier molecular flexibility index (Phi) is 6.38. The molecule has 2 amide bonds. The normalized spacial score (nSPS) is 48.2. The summed E-state index contributed by atoms with van der Waals surface area (Å²) in [6, 6.07) is -0.763. The van der Waals surface area contributed by atoms with Gasteiger partial charge in [-0.25, -0.2) is 10.2 Å². The summed E-state index contributed by atoms with van der Waals surface area (Å²) >= 11 is 0. The lowest BCUT2D eigenvalue weighted by molar-refractivity contribution is -0.225. The van der Waals surface area contributed by atoms with Gasteiger partial charge in [0.05, 0.1) is 17.9 Å². The fraction of sp³-hybridized carbons (Fsp3) is 0.917. The molecule has 0 saturated heterocycles. The first kappa shape index (κ1) is 23.9. The maximum absolute atomic E-state index is 12.1. The van der Waals surface area contributed by atoms with Crippen LogP contribution in [0.1, 0.15) is 78.1 Å². The Morgan fingerprint density at radius 2 is 1.91 bits per heavy atom. The molecule has 8 nitrogen and oxygen atoms in total. The summed E-state index contributed by atoms with van der Waals surface area (Å²) in [7, 11) is 0. The first-order valence-corrected chi connectivity index (χ1v) is 12.5. The number of rotatable bonds is 6. The predicted octanol–water partition coefficient (Wildman–Crippen LogP) is 2.26. The van der Waals surface area contributed by atoms with E-state index in [4.69, 9.17) is 16.2 Å². The SMILES string of the molecule is C[C@]12CC[C@H](OCCCN)C[C@H]1CC[C@@H]1[C@@H]2CC[C@]2(C)[C@@](O)(/C=N/NC(N)=O)CC[C@]12O. The van der Waals surface area contributed by atoms with E-state index in [1.807, 2.05) is 6.92 Å². The summed E-state index contributed by atoms with van der Waals surface area (Å²) in [5.74, 6) is 1.24. The van der Waals surface area contributed by atoms with E-state index in [9.17, 15) is 15.0 Å². The van der Waals surface area contributed by atoms with Crippen molar-refractivity contribution in [2.75, 3.05) is 13.2 Å². The Bertz CT molecular complexity index is 750. The van der Waals surface area contributed by atoms with Crippen LogP contribution >= 0.6 is 0 Å². The zero-order chi connectivity index (χ0) is 23.2. The molecule has 0 aromatic carbocycles. The number of nitrogens with two attached hydrogens (primary N) is 2. The van der Waals surface area contributed by atoms with Gasteiger partial charge in [-0.2, -0.15) is 5.10 Å². The summed E-state index contributed by atoms with van der Waals surface area (Å²) in [6.07, 6.45) is 10.8. The van der Waals surface area contributed by atoms with Crippen molar-refractivity contribution >= 4 is 12.2 Å². The topological polar surface area (TPSA) is 143 Å². The van der Waals surface area contributed by atoms with E-state index in [-0.39, 0.29) is 11.3 Å². The molecule has 0 bridgehead atoms. The Morgan fingerprint density at radius 1 is 1.12 bits per heavy atom. The molecule has 32 heavy (non-hydrogen) atoms. The van der Waals surface area contributed by atoms with Crippen molar-refractivity contribution in [3.63, 3.8) is 0 Å². The van der Waals surface area contributed by atoms with Crippen molar-refractivity contribution < 1.29 is 19.7 Å². The van der Waals surface area contributed by atoms with Crippen LogP contribution in [0.5, 0.6) is 0 Å². The van der Waals surface area contributed by atoms with E-state index in [1.165, 1.54) is 6.21 Å². The summed E-state index contributed by atoms with van der Waals surface area (Å²) < 4.78 is 6.12. The molecular formula is C24H42N4O4. The second-order valence-corrected chi connectivity index (χ2v) is 11.4. The third kappa shape index (κ3) is 3.58. The molecule has 0 heterocycles. The predicted molar refractivity (Wildman–Crippen MR) is 123 cm³/mol. The van der Waals surface area contributed by atoms with E-state index in [0.29, 0.717) is 37.3 Å². The average molecular weight is 451 g/mol. The van der Waals surface area contributed by atoms with Crippen molar-refractivity contribution in [2.24, 2.45) is 45.2 Å². The Hall–Kier alpha value is -1.22. The van der Waals surface area contributed by atoms with Gasteiger partial charge >= 0.3 is 6.03 Å². The van der Waals surface area contributed by atoms with Crippen LogP contribution in [0, 0.1) is 28.6 Å². The van der Waals surface area contributed by atoms with Crippen LogP contribution in [0.15, 0.2) is 5.10 Å². The van der Waals surface area contributed by atoms with Crippen LogP contribution in [0.4, 0.5) is 4.79 Å². The van der Waals surface area contributed by atoms with E-state index in [1.54, 1.807) is 0 Å². The monoisotopic (exact) mass is 450 g/mol. The second-order valence-electron chi connectivity index (χ2n) is 11.4. The average Bonchev–Trinajstić information content (AvgIpc) is 2.95. The highest BCUT2D eigenvalue weighted by Crippen LogP contribution is 2.69. The summed E-state index contributed by atoms with van der Waals surface area (Å²) in [6.45, 7) is 5.86. The molecule has 0 unspecified atom stereocenters. The standard InChI is InChI=1S/C24H42N4O4/c1-21-8-6-17(32-13-3-12-25)14-16(21)4-5-19-18(21)7-9-22(2)23(30,10-11-24(19,22)31)15-27-28-20(26)29/h15-19,30-31H,3-14,25H2,1-2H3,(H3,26,28,29)/b27-15+/t16-,17+,18+,19-,21+,22-,23+,24+/m1/s1. The van der Waals surface area contributed by atoms with Gasteiger partial charge in [0.25, 0.3) is 0 Å². The van der Waals surface area contributed by atoms with Gasteiger partial charge in [-0.05, 0) is 93.9 Å². The van der Waals surface area contributed by atoms with E-state index >= 15 is 0 Å². The highest BCUT2D eigenvalue weighted by Gasteiger charge is 2.71. The fourth-order valence-electron chi connectivity index (χ4n) is 8.13. The third-order valence-electron chi connectivity index (χ3n) is 10.2. The highest BCUT2D eigenvalue weighted by molar-refractivity contribution is 5.76. The van der Waals surface area contributed by atoms with Gasteiger partial charge in [-0.3, -0.25) is 0 Å². The Morgan fingerprint density at radius 3 is 2.62 bits per heavy atom. The molecule has 0 aliphatic heterocycles. The van der Waals surface area contributed by atoms with Gasteiger partial charge in [0.15, 0.2) is 0 Å². The number of aliphatic hydroxyl groups is 2. The first-order chi connectivity index (χ1) is 15.1. The molecule has 0 aromatic heterocycles. The van der Waals surface area contributed by atoms with Gasteiger partial charge in [0.1, 0.15) is 5.60 Å². The summed E-state index contributed by atoms with van der Waals surface area (Å²) in [5, 5.41) is 27.5.